The molecule has 1 aromatic rings. The van der Waals surface area contributed by atoms with E-state index in [4.69, 9.17) is 5.11 Å². The number of benzene rings is 1. The van der Waals surface area contributed by atoms with Crippen LogP contribution in [0.5, 0.6) is 0 Å². The monoisotopic (exact) mass is 288 g/mol. The van der Waals surface area contributed by atoms with Crippen LogP contribution in [0.1, 0.15) is 19.4 Å². The topological polar surface area (TPSA) is 63.6 Å². The van der Waals surface area contributed by atoms with E-state index in [1.165, 1.54) is 18.6 Å². The van der Waals surface area contributed by atoms with Crippen molar-refractivity contribution < 1.29 is 19.4 Å². The summed E-state index contributed by atoms with van der Waals surface area (Å²) < 4.78 is 4.61. The summed E-state index contributed by atoms with van der Waals surface area (Å²) in [5.41, 5.74) is 1.27. The van der Waals surface area contributed by atoms with Gasteiger partial charge in [0.1, 0.15) is 0 Å². The molecule has 0 aliphatic carbocycles. The Bertz CT molecular complexity index is 527. The number of esters is 1. The number of carboxylic acids is 1. The molecule has 0 heterocycles. The quantitative estimate of drug-likeness (QED) is 0.512. The Kier molecular flexibility index (Phi) is 8.93. The van der Waals surface area contributed by atoms with Gasteiger partial charge in [0.25, 0.3) is 0 Å². The lowest BCUT2D eigenvalue weighted by molar-refractivity contribution is -0.138. The van der Waals surface area contributed by atoms with Crippen LogP contribution in [0.2, 0.25) is 0 Å². The van der Waals surface area contributed by atoms with Gasteiger partial charge in [0.05, 0.1) is 12.2 Å². The normalized spacial score (nSPS) is 9.90. The fourth-order valence-electron chi connectivity index (χ4n) is 1.19. The van der Waals surface area contributed by atoms with Gasteiger partial charge in [0.2, 0.25) is 0 Å². The summed E-state index contributed by atoms with van der Waals surface area (Å²) in [7, 11) is 0. The fourth-order valence-corrected chi connectivity index (χ4v) is 1.19. The third kappa shape index (κ3) is 8.21. The number of aliphatic carboxylic acids is 1. The average molecular weight is 288 g/mol. The molecule has 0 fully saturated rings. The van der Waals surface area contributed by atoms with E-state index in [1.807, 2.05) is 36.4 Å². The second kappa shape index (κ2) is 10.2. The molecule has 0 saturated heterocycles. The maximum Gasteiger partial charge on any atom is 0.337 e. The third-order valence-corrected chi connectivity index (χ3v) is 2.30. The Morgan fingerprint density at radius 2 is 1.86 bits per heavy atom. The molecule has 1 rings (SSSR count). The van der Waals surface area contributed by atoms with E-state index in [0.29, 0.717) is 0 Å². The van der Waals surface area contributed by atoms with Gasteiger partial charge in [0.15, 0.2) is 0 Å². The van der Waals surface area contributed by atoms with E-state index in [1.54, 1.807) is 6.92 Å². The zero-order valence-corrected chi connectivity index (χ0v) is 12.3. The first-order valence-corrected chi connectivity index (χ1v) is 6.37. The molecule has 0 aliphatic heterocycles. The lowest BCUT2D eigenvalue weighted by Gasteiger charge is -2.00. The number of hydrogen-bond acceptors (Lipinski definition) is 3. The van der Waals surface area contributed by atoms with Gasteiger partial charge in [-0.3, -0.25) is 0 Å². The Labute approximate surface area is 125 Å². The van der Waals surface area contributed by atoms with E-state index < -0.39 is 11.9 Å². The summed E-state index contributed by atoms with van der Waals surface area (Å²) in [6.45, 7) is 10.3. The van der Waals surface area contributed by atoms with Crippen LogP contribution in [0.25, 0.3) is 6.08 Å². The van der Waals surface area contributed by atoms with Gasteiger partial charge in [-0.05, 0) is 25.5 Å². The van der Waals surface area contributed by atoms with Crippen LogP contribution in [0, 0.1) is 0 Å². The molecule has 0 bridgehead atoms. The fraction of sp³-hybridized carbons (Fsp3) is 0.176. The van der Waals surface area contributed by atoms with Crippen LogP contribution in [0.3, 0.4) is 0 Å². The average Bonchev–Trinajstić information content (AvgIpc) is 2.48. The van der Waals surface area contributed by atoms with Gasteiger partial charge < -0.3 is 9.84 Å². The second-order valence-electron chi connectivity index (χ2n) is 3.99. The molecule has 1 aromatic carbocycles. The molecule has 4 nitrogen and oxygen atoms in total. The van der Waals surface area contributed by atoms with E-state index >= 15 is 0 Å². The number of carboxylic acid groups (broad SMARTS) is 1. The van der Waals surface area contributed by atoms with Crippen molar-refractivity contribution in [1.82, 2.24) is 0 Å². The number of ether oxygens (including phenoxy) is 1. The maximum atomic E-state index is 10.9. The first-order chi connectivity index (χ1) is 9.92. The molecule has 112 valence electrons. The van der Waals surface area contributed by atoms with Crippen molar-refractivity contribution >= 4 is 18.0 Å². The van der Waals surface area contributed by atoms with Gasteiger partial charge >= 0.3 is 11.9 Å². The Morgan fingerprint density at radius 3 is 2.24 bits per heavy atom. The second-order valence-corrected chi connectivity index (χ2v) is 3.99. The summed E-state index contributed by atoms with van der Waals surface area (Å²) in [5.74, 6) is -1.67. The minimum Gasteiger partial charge on any atom is -0.478 e. The number of hydrogen-bond donors (Lipinski definition) is 1. The van der Waals surface area contributed by atoms with Gasteiger partial charge in [0, 0.05) is 5.57 Å². The molecule has 1 N–H and O–H groups in total. The van der Waals surface area contributed by atoms with E-state index in [2.05, 4.69) is 17.9 Å². The van der Waals surface area contributed by atoms with Crippen molar-refractivity contribution in [3.63, 3.8) is 0 Å². The van der Waals surface area contributed by atoms with Crippen molar-refractivity contribution in [2.45, 2.75) is 13.8 Å². The largest absolute Gasteiger partial charge is 0.478 e. The minimum absolute atomic E-state index is 0.0433. The van der Waals surface area contributed by atoms with E-state index in [0.717, 1.165) is 0 Å². The Hall–Kier alpha value is -2.62. The smallest absolute Gasteiger partial charge is 0.337 e. The maximum absolute atomic E-state index is 10.9. The number of carbonyl (C=O) groups is 2. The van der Waals surface area contributed by atoms with Crippen molar-refractivity contribution in [3.05, 3.63) is 66.3 Å². The molecule has 0 aliphatic rings. The van der Waals surface area contributed by atoms with Crippen LogP contribution >= 0.6 is 0 Å². The van der Waals surface area contributed by atoms with Crippen LogP contribution in [-0.4, -0.2) is 23.7 Å². The first kappa shape index (κ1) is 18.4. The van der Waals surface area contributed by atoms with Crippen molar-refractivity contribution in [2.75, 3.05) is 6.61 Å². The lowest BCUT2D eigenvalue weighted by Crippen LogP contribution is -2.06. The van der Waals surface area contributed by atoms with Gasteiger partial charge in [-0.2, -0.15) is 0 Å². The molecule has 21 heavy (non-hydrogen) atoms. The molecule has 0 unspecified atom stereocenters. The van der Waals surface area contributed by atoms with Crippen molar-refractivity contribution in [2.24, 2.45) is 0 Å². The zero-order valence-electron chi connectivity index (χ0n) is 12.3. The van der Waals surface area contributed by atoms with Crippen LogP contribution in [0.15, 0.2) is 60.7 Å². The molecule has 0 atom stereocenters. The highest BCUT2D eigenvalue weighted by Crippen LogP contribution is 2.02. The van der Waals surface area contributed by atoms with Crippen molar-refractivity contribution in [3.8, 4) is 0 Å². The Balaban J connectivity index is 0.000000423. The summed E-state index contributed by atoms with van der Waals surface area (Å²) >= 11 is 0. The highest BCUT2D eigenvalue weighted by molar-refractivity contribution is 5.94. The van der Waals surface area contributed by atoms with E-state index in [-0.39, 0.29) is 17.8 Å². The standard InChI is InChI=1S/C9H12O4.C8H8/c1-4-13-9(12)7(3)5-6(2)8(10)11;1-2-8-6-4-3-5-7-8/h5H,3-4H2,1-2H3,(H,10,11);2-7H,1H2. The summed E-state index contributed by atoms with van der Waals surface area (Å²) in [5, 5.41) is 8.48. The molecule has 0 radical (unpaired) electrons. The predicted octanol–water partition coefficient (Wildman–Crippen LogP) is 3.47. The molecule has 0 amide bonds. The number of carbonyl (C=O) groups excluding carboxylic acids is 1. The van der Waals surface area contributed by atoms with Crippen LogP contribution in [0.4, 0.5) is 0 Å². The highest BCUT2D eigenvalue weighted by atomic mass is 16.5. The minimum atomic E-state index is -1.08. The lowest BCUT2D eigenvalue weighted by atomic mass is 10.2. The van der Waals surface area contributed by atoms with Gasteiger partial charge in [-0.15, -0.1) is 0 Å². The molecule has 0 aromatic heterocycles. The molecular formula is C17H20O4. The highest BCUT2D eigenvalue weighted by Gasteiger charge is 2.07. The third-order valence-electron chi connectivity index (χ3n) is 2.30. The van der Waals surface area contributed by atoms with Gasteiger partial charge in [-0.1, -0.05) is 49.6 Å². The SMILES string of the molecule is C=C(C=C(C)C(=O)O)C(=O)OCC.C=Cc1ccccc1. The van der Waals surface area contributed by atoms with Gasteiger partial charge in [-0.25, -0.2) is 9.59 Å². The van der Waals surface area contributed by atoms with Crippen molar-refractivity contribution in [1.29, 1.82) is 0 Å². The Morgan fingerprint density at radius 1 is 1.29 bits per heavy atom. The summed E-state index contributed by atoms with van der Waals surface area (Å²) in [6.07, 6.45) is 3.01. The first-order valence-electron chi connectivity index (χ1n) is 6.37. The number of rotatable bonds is 5. The van der Waals surface area contributed by atoms with Crippen LogP contribution in [-0.2, 0) is 14.3 Å². The molecular weight excluding hydrogens is 268 g/mol. The molecule has 0 saturated carbocycles. The summed E-state index contributed by atoms with van der Waals surface area (Å²) in [6, 6.07) is 10.0. The zero-order chi connectivity index (χ0) is 16.3. The summed E-state index contributed by atoms with van der Waals surface area (Å²) in [4.78, 5) is 21.3. The predicted molar refractivity (Wildman–Crippen MR) is 83.7 cm³/mol. The molecule has 4 heteroatoms. The van der Waals surface area contributed by atoms with E-state index in [9.17, 15) is 9.59 Å². The molecule has 0 spiro atoms. The van der Waals surface area contributed by atoms with Crippen LogP contribution < -0.4 is 0 Å².